The average molecular weight is 384 g/mol. The van der Waals surface area contributed by atoms with Gasteiger partial charge in [0.1, 0.15) is 6.23 Å². The van der Waals surface area contributed by atoms with Gasteiger partial charge in [-0.15, -0.1) is 0 Å². The predicted molar refractivity (Wildman–Crippen MR) is 110 cm³/mol. The van der Waals surface area contributed by atoms with Crippen LogP contribution in [-0.2, 0) is 4.43 Å². The monoisotopic (exact) mass is 383 g/mol. The maximum absolute atomic E-state index is 13.1. The summed E-state index contributed by atoms with van der Waals surface area (Å²) in [5.74, 6) is -0.739. The number of aliphatic hydroxyl groups is 1. The van der Waals surface area contributed by atoms with Crippen LogP contribution in [0.1, 0.15) is 42.6 Å². The predicted octanol–water partition coefficient (Wildman–Crippen LogP) is 4.29. The van der Waals surface area contributed by atoms with Crippen molar-refractivity contribution in [2.45, 2.75) is 56.8 Å². The minimum absolute atomic E-state index is 0.312. The molecule has 3 rings (SSSR count). The van der Waals surface area contributed by atoms with Gasteiger partial charge in [0.25, 0.3) is 0 Å². The van der Waals surface area contributed by atoms with Gasteiger partial charge in [0.2, 0.25) is 5.78 Å². The molecule has 0 spiro atoms. The minimum atomic E-state index is -1.89. The lowest BCUT2D eigenvalue weighted by Crippen LogP contribution is -2.75. The van der Waals surface area contributed by atoms with Gasteiger partial charge in [0, 0.05) is 5.56 Å². The lowest BCUT2D eigenvalue weighted by Gasteiger charge is -2.54. The van der Waals surface area contributed by atoms with Gasteiger partial charge in [-0.25, -0.2) is 0 Å². The Morgan fingerprint density at radius 3 is 2.04 bits per heavy atom. The highest BCUT2D eigenvalue weighted by Crippen LogP contribution is 2.43. The summed E-state index contributed by atoms with van der Waals surface area (Å²) in [6.07, 6.45) is -0.350. The first-order valence-electron chi connectivity index (χ1n) is 9.82. The molecule has 1 aliphatic rings. The fourth-order valence-corrected chi connectivity index (χ4v) is 6.71. The van der Waals surface area contributed by atoms with E-state index in [9.17, 15) is 9.90 Å². The van der Waals surface area contributed by atoms with E-state index in [0.29, 0.717) is 5.56 Å². The molecule has 0 radical (unpaired) electrons. The molecular weight excluding hydrogens is 354 g/mol. The summed E-state index contributed by atoms with van der Waals surface area (Å²) in [6, 6.07) is 21.7. The van der Waals surface area contributed by atoms with E-state index in [1.807, 2.05) is 48.5 Å². The van der Waals surface area contributed by atoms with Crippen LogP contribution in [0.4, 0.5) is 0 Å². The van der Waals surface area contributed by atoms with E-state index < -0.39 is 20.0 Å². The highest BCUT2D eigenvalue weighted by Gasteiger charge is 2.60. The average Bonchev–Trinajstić information content (AvgIpc) is 2.72. The third-order valence-electron chi connectivity index (χ3n) is 5.97. The van der Waals surface area contributed by atoms with E-state index in [4.69, 9.17) is 4.43 Å². The molecule has 0 aromatic heterocycles. The first kappa shape index (κ1) is 20.0. The molecule has 1 fully saturated rings. The molecular formula is C22H29NO3Si. The van der Waals surface area contributed by atoms with E-state index in [-0.39, 0.29) is 12.0 Å². The van der Waals surface area contributed by atoms with Crippen LogP contribution in [0.5, 0.6) is 0 Å². The van der Waals surface area contributed by atoms with Gasteiger partial charge >= 0.3 is 0 Å². The molecule has 1 saturated heterocycles. The quantitative estimate of drug-likeness (QED) is 0.527. The first-order valence-corrected chi connectivity index (χ1v) is 12.3. The Kier molecular flexibility index (Phi) is 5.96. The second-order valence-corrected chi connectivity index (χ2v) is 12.0. The Morgan fingerprint density at radius 2 is 1.52 bits per heavy atom. The third-order valence-corrected chi connectivity index (χ3v) is 10.6. The number of hydrogen-bond donors (Lipinski definition) is 2. The summed E-state index contributed by atoms with van der Waals surface area (Å²) in [6.45, 7) is 6.53. The highest BCUT2D eigenvalue weighted by atomic mass is 28.4. The maximum atomic E-state index is 13.1. The van der Waals surface area contributed by atoms with Crippen molar-refractivity contribution in [3.63, 3.8) is 0 Å². The van der Waals surface area contributed by atoms with Crippen molar-refractivity contribution in [1.82, 2.24) is 5.32 Å². The van der Waals surface area contributed by atoms with Gasteiger partial charge in [0.05, 0.1) is 5.92 Å². The number of carbonyl (C=O) groups excluding carboxylic acids is 1. The van der Waals surface area contributed by atoms with E-state index >= 15 is 0 Å². The molecule has 0 bridgehead atoms. The molecule has 1 heterocycles. The van der Waals surface area contributed by atoms with Crippen LogP contribution in [0.25, 0.3) is 0 Å². The minimum Gasteiger partial charge on any atom is -0.401 e. The Balaban J connectivity index is 1.93. The lowest BCUT2D eigenvalue weighted by atomic mass is 9.75. The Bertz CT molecular complexity index is 755. The summed E-state index contributed by atoms with van der Waals surface area (Å²) >= 11 is 0. The number of carbonyl (C=O) groups is 1. The van der Waals surface area contributed by atoms with E-state index in [1.165, 1.54) is 0 Å². The Morgan fingerprint density at radius 1 is 1.00 bits per heavy atom. The van der Waals surface area contributed by atoms with E-state index in [0.717, 1.165) is 23.7 Å². The number of ketones is 1. The van der Waals surface area contributed by atoms with Crippen LogP contribution in [0.2, 0.25) is 18.1 Å². The zero-order valence-electron chi connectivity index (χ0n) is 16.3. The highest BCUT2D eigenvalue weighted by molar-refractivity contribution is 6.73. The Labute approximate surface area is 162 Å². The third kappa shape index (κ3) is 3.65. The summed E-state index contributed by atoms with van der Waals surface area (Å²) < 4.78 is 6.59. The molecule has 0 amide bonds. The summed E-state index contributed by atoms with van der Waals surface area (Å²) in [7, 11) is -1.89. The normalized spacial score (nSPS) is 25.0. The van der Waals surface area contributed by atoms with Crippen molar-refractivity contribution < 1.29 is 14.3 Å². The Hall–Kier alpha value is -1.79. The molecule has 4 nitrogen and oxygen atoms in total. The molecule has 0 aliphatic carbocycles. The largest absolute Gasteiger partial charge is 0.401 e. The van der Waals surface area contributed by atoms with Crippen molar-refractivity contribution in [3.05, 3.63) is 71.8 Å². The molecule has 1 aliphatic heterocycles. The molecule has 3 atom stereocenters. The van der Waals surface area contributed by atoms with Crippen molar-refractivity contribution in [2.75, 3.05) is 0 Å². The van der Waals surface area contributed by atoms with Gasteiger partial charge in [-0.05, 0) is 23.7 Å². The number of nitrogens with one attached hydrogen (secondary N) is 1. The van der Waals surface area contributed by atoms with Crippen LogP contribution in [0.3, 0.4) is 0 Å². The molecule has 144 valence electrons. The summed E-state index contributed by atoms with van der Waals surface area (Å²) in [4.78, 5) is 13.1. The van der Waals surface area contributed by atoms with Crippen molar-refractivity contribution >= 4 is 14.1 Å². The first-order chi connectivity index (χ1) is 13.0. The van der Waals surface area contributed by atoms with Gasteiger partial charge in [-0.1, -0.05) is 81.4 Å². The van der Waals surface area contributed by atoms with E-state index in [2.05, 4.69) is 26.1 Å². The standard InChI is InChI=1S/C22H29NO3Si/c1-4-27(5-2,6-3)26-21-19(17-13-9-7-10-14-17)22(25,23-21)20(24)18-15-11-8-12-16-18/h7-16,19,21,23,25H,4-6H2,1-3H3/t19-,21+,22-/m0/s1. The second kappa shape index (κ2) is 8.06. The molecule has 5 heteroatoms. The summed E-state index contributed by atoms with van der Waals surface area (Å²) in [5.41, 5.74) is -0.237. The number of hydrogen-bond acceptors (Lipinski definition) is 4. The van der Waals surface area contributed by atoms with Crippen LogP contribution in [0.15, 0.2) is 60.7 Å². The van der Waals surface area contributed by atoms with Crippen molar-refractivity contribution in [3.8, 4) is 0 Å². The summed E-state index contributed by atoms with van der Waals surface area (Å²) in [5, 5.41) is 14.4. The van der Waals surface area contributed by atoms with Gasteiger partial charge in [-0.3, -0.25) is 10.1 Å². The maximum Gasteiger partial charge on any atom is 0.210 e. The number of Topliss-reactive ketones (excluding diaryl/α,β-unsaturated/α-hetero) is 1. The van der Waals surface area contributed by atoms with E-state index in [1.54, 1.807) is 12.1 Å². The van der Waals surface area contributed by atoms with Gasteiger partial charge < -0.3 is 9.53 Å². The zero-order valence-corrected chi connectivity index (χ0v) is 17.3. The number of rotatable bonds is 8. The van der Waals surface area contributed by atoms with Crippen LogP contribution in [0, 0.1) is 0 Å². The van der Waals surface area contributed by atoms with Crippen LogP contribution < -0.4 is 5.32 Å². The lowest BCUT2D eigenvalue weighted by molar-refractivity contribution is -0.138. The van der Waals surface area contributed by atoms with Gasteiger partial charge in [-0.2, -0.15) is 0 Å². The zero-order chi connectivity index (χ0) is 19.5. The van der Waals surface area contributed by atoms with Crippen molar-refractivity contribution in [2.24, 2.45) is 0 Å². The molecule has 2 aromatic rings. The topological polar surface area (TPSA) is 58.6 Å². The SMILES string of the molecule is CC[Si](CC)(CC)O[C@H]1N[C@@](O)(C(=O)c2ccccc2)[C@H]1c1ccccc1. The van der Waals surface area contributed by atoms with Crippen LogP contribution in [-0.4, -0.2) is 31.2 Å². The van der Waals surface area contributed by atoms with Crippen LogP contribution >= 0.6 is 0 Å². The molecule has 2 N–H and O–H groups in total. The fraction of sp³-hybridized carbons (Fsp3) is 0.409. The van der Waals surface area contributed by atoms with Gasteiger partial charge in [0.15, 0.2) is 14.0 Å². The molecule has 2 aromatic carbocycles. The van der Waals surface area contributed by atoms with Crippen molar-refractivity contribution in [1.29, 1.82) is 0 Å². The smallest absolute Gasteiger partial charge is 0.210 e. The molecule has 0 saturated carbocycles. The molecule has 0 unspecified atom stereocenters. The molecule has 27 heavy (non-hydrogen) atoms. The fourth-order valence-electron chi connectivity index (χ4n) is 3.97. The second-order valence-electron chi connectivity index (χ2n) is 7.28. The number of benzene rings is 2.